The molecule has 4 rings (SSSR count). The topological polar surface area (TPSA) is 142 Å². The first-order chi connectivity index (χ1) is 22.4. The first-order valence-corrected chi connectivity index (χ1v) is 15.1. The van der Waals surface area contributed by atoms with E-state index in [1.165, 1.54) is 48.5 Å². The molecule has 0 aliphatic rings. The number of benzene rings is 3. The highest BCUT2D eigenvalue weighted by Crippen LogP contribution is 2.34. The molecule has 0 spiro atoms. The number of nitrogens with zero attached hydrogens (tertiary/aromatic N) is 2. The lowest BCUT2D eigenvalue weighted by molar-refractivity contribution is -0.132. The summed E-state index contributed by atoms with van der Waals surface area (Å²) in [6.07, 6.45) is 1.61. The summed E-state index contributed by atoms with van der Waals surface area (Å²) in [7, 11) is 1.40. The van der Waals surface area contributed by atoms with Crippen molar-refractivity contribution >= 4 is 51.6 Å². The number of aromatic nitrogens is 1. The number of thiocarbonyl (C=S) groups is 1. The molecule has 4 N–H and O–H groups in total. The number of likely N-dealkylation sites (N-methyl/N-ethyl adjacent to an activating group) is 1. The highest BCUT2D eigenvalue weighted by molar-refractivity contribution is 7.80. The Bertz CT molecular complexity index is 1780. The molecule has 1 aromatic heterocycles. The zero-order valence-corrected chi connectivity index (χ0v) is 27.2. The molecule has 0 aliphatic heterocycles. The molecule has 11 nitrogen and oxygen atoms in total. The van der Waals surface area contributed by atoms with E-state index in [0.29, 0.717) is 23.1 Å². The van der Waals surface area contributed by atoms with Gasteiger partial charge < -0.3 is 35.4 Å². The average molecular weight is 662 g/mol. The van der Waals surface area contributed by atoms with Crippen molar-refractivity contribution in [1.29, 1.82) is 0 Å². The van der Waals surface area contributed by atoms with Gasteiger partial charge >= 0.3 is 0 Å². The fraction of sp³-hybridized carbons (Fsp3) is 0.265. The number of nitrogens with one attached hydrogen (secondary N) is 3. The summed E-state index contributed by atoms with van der Waals surface area (Å²) in [4.78, 5) is 44.0. The first kappa shape index (κ1) is 34.7. The molecule has 0 saturated heterocycles. The van der Waals surface area contributed by atoms with Crippen LogP contribution >= 0.6 is 12.2 Å². The minimum Gasteiger partial charge on any atom is -0.496 e. The van der Waals surface area contributed by atoms with Crippen molar-refractivity contribution in [2.75, 3.05) is 32.1 Å². The maximum absolute atomic E-state index is 15.2. The van der Waals surface area contributed by atoms with Gasteiger partial charge in [-0.1, -0.05) is 30.3 Å². The van der Waals surface area contributed by atoms with Crippen LogP contribution in [0.2, 0.25) is 0 Å². The molecular weight excluding hydrogens is 625 g/mol. The molecule has 4 aromatic rings. The molecule has 3 aromatic carbocycles. The van der Waals surface area contributed by atoms with Crippen LogP contribution in [0.25, 0.3) is 10.9 Å². The fourth-order valence-corrected chi connectivity index (χ4v) is 4.92. The molecule has 0 unspecified atom stereocenters. The van der Waals surface area contributed by atoms with Crippen LogP contribution in [-0.4, -0.2) is 70.2 Å². The minimum atomic E-state index is -1.09. The zero-order valence-electron chi connectivity index (χ0n) is 26.4. The third kappa shape index (κ3) is 9.67. The van der Waals surface area contributed by atoms with Crippen molar-refractivity contribution in [3.63, 3.8) is 0 Å². The van der Waals surface area contributed by atoms with E-state index < -0.39 is 17.3 Å². The SMILES string of the molecule is CCN(CC(C)(C)O)C(=O)CNC(=O)c1cc2c(Oc3ccc(NC(=S)NC(=O)Cc4ccccc4)cc3F)ccnc2cc1OC. The number of carbonyl (C=O) groups excluding carboxylic acids is 3. The van der Waals surface area contributed by atoms with Crippen LogP contribution in [0.5, 0.6) is 17.2 Å². The normalized spacial score (nSPS) is 11.0. The zero-order chi connectivity index (χ0) is 34.1. The number of aliphatic hydroxyl groups is 1. The van der Waals surface area contributed by atoms with Gasteiger partial charge in [0.05, 0.1) is 36.8 Å². The number of halogens is 1. The second kappa shape index (κ2) is 15.4. The quantitative estimate of drug-likeness (QED) is 0.161. The number of carbonyl (C=O) groups is 3. The Morgan fingerprint density at radius 3 is 2.43 bits per heavy atom. The van der Waals surface area contributed by atoms with Crippen LogP contribution in [0.3, 0.4) is 0 Å². The van der Waals surface area contributed by atoms with Gasteiger partial charge in [-0.3, -0.25) is 19.4 Å². The van der Waals surface area contributed by atoms with E-state index in [-0.39, 0.29) is 59.2 Å². The molecule has 0 fully saturated rings. The monoisotopic (exact) mass is 661 g/mol. The molecular formula is C34H36FN5O6S. The Balaban J connectivity index is 1.47. The van der Waals surface area contributed by atoms with Gasteiger partial charge in [0.15, 0.2) is 16.7 Å². The van der Waals surface area contributed by atoms with Crippen molar-refractivity contribution in [1.82, 2.24) is 20.5 Å². The number of hydrogen-bond acceptors (Lipinski definition) is 8. The average Bonchev–Trinajstić information content (AvgIpc) is 3.02. The number of anilines is 1. The highest BCUT2D eigenvalue weighted by atomic mass is 32.1. The van der Waals surface area contributed by atoms with Gasteiger partial charge in [0.25, 0.3) is 5.91 Å². The number of amides is 3. The molecule has 1 heterocycles. The van der Waals surface area contributed by atoms with Crippen molar-refractivity contribution in [3.05, 3.63) is 89.9 Å². The molecule has 47 heavy (non-hydrogen) atoms. The van der Waals surface area contributed by atoms with Crippen molar-refractivity contribution in [3.8, 4) is 17.2 Å². The molecule has 246 valence electrons. The Morgan fingerprint density at radius 1 is 1.02 bits per heavy atom. The van der Waals surface area contributed by atoms with E-state index in [2.05, 4.69) is 20.9 Å². The van der Waals surface area contributed by atoms with Gasteiger partial charge in [0.2, 0.25) is 11.8 Å². The maximum Gasteiger partial charge on any atom is 0.255 e. The summed E-state index contributed by atoms with van der Waals surface area (Å²) in [5.41, 5.74) is 0.557. The minimum absolute atomic E-state index is 0.0141. The largest absolute Gasteiger partial charge is 0.496 e. The summed E-state index contributed by atoms with van der Waals surface area (Å²) >= 11 is 5.21. The lowest BCUT2D eigenvalue weighted by atomic mass is 10.1. The molecule has 13 heteroatoms. The summed E-state index contributed by atoms with van der Waals surface area (Å²) in [6.45, 7) is 5.13. The Kier molecular flexibility index (Phi) is 11.4. The van der Waals surface area contributed by atoms with E-state index in [9.17, 15) is 19.5 Å². The second-order valence-electron chi connectivity index (χ2n) is 11.2. The fourth-order valence-electron chi connectivity index (χ4n) is 4.68. The highest BCUT2D eigenvalue weighted by Gasteiger charge is 2.23. The smallest absolute Gasteiger partial charge is 0.255 e. The van der Waals surface area contributed by atoms with Gasteiger partial charge in [-0.15, -0.1) is 0 Å². The molecule has 0 atom stereocenters. The Morgan fingerprint density at radius 2 is 1.77 bits per heavy atom. The van der Waals surface area contributed by atoms with Crippen LogP contribution in [0.4, 0.5) is 10.1 Å². The number of methoxy groups -OCH3 is 1. The van der Waals surface area contributed by atoms with Crippen LogP contribution < -0.4 is 25.4 Å². The number of rotatable bonds is 12. The van der Waals surface area contributed by atoms with Crippen molar-refractivity contribution in [2.24, 2.45) is 0 Å². The van der Waals surface area contributed by atoms with E-state index in [1.807, 2.05) is 30.3 Å². The Labute approximate surface area is 277 Å². The predicted molar refractivity (Wildman–Crippen MR) is 180 cm³/mol. The van der Waals surface area contributed by atoms with Gasteiger partial charge in [-0.05, 0) is 62.8 Å². The number of ether oxygens (including phenoxy) is 2. The van der Waals surface area contributed by atoms with Crippen LogP contribution in [0, 0.1) is 5.82 Å². The standard InChI is InChI=1S/C34H36FN5O6S/c1-5-40(20-34(2,3)44)31(42)19-37-32(43)24-17-23-26(18-29(24)45-4)36-14-13-27(23)46-28-12-11-22(16-25(28)35)38-33(47)39-30(41)15-21-9-7-6-8-10-21/h6-14,16-18,44H,5,15,19-20H2,1-4H3,(H,37,43)(H2,38,39,41,47). The third-order valence-electron chi connectivity index (χ3n) is 6.85. The summed E-state index contributed by atoms with van der Waals surface area (Å²) in [5, 5.41) is 18.5. The molecule has 0 saturated carbocycles. The lowest BCUT2D eigenvalue weighted by Crippen LogP contribution is -2.46. The van der Waals surface area contributed by atoms with Crippen LogP contribution in [0.15, 0.2) is 72.9 Å². The first-order valence-electron chi connectivity index (χ1n) is 14.7. The summed E-state index contributed by atoms with van der Waals surface area (Å²) in [6, 6.07) is 17.8. The number of pyridine rings is 1. The van der Waals surface area contributed by atoms with E-state index >= 15 is 4.39 Å². The van der Waals surface area contributed by atoms with Crippen LogP contribution in [-0.2, 0) is 16.0 Å². The van der Waals surface area contributed by atoms with Gasteiger partial charge in [0, 0.05) is 42.5 Å². The summed E-state index contributed by atoms with van der Waals surface area (Å²) < 4.78 is 26.5. The van der Waals surface area contributed by atoms with Gasteiger partial charge in [0.1, 0.15) is 11.5 Å². The second-order valence-corrected chi connectivity index (χ2v) is 11.6. The van der Waals surface area contributed by atoms with Crippen molar-refractivity contribution < 1.29 is 33.4 Å². The lowest BCUT2D eigenvalue weighted by Gasteiger charge is -2.28. The predicted octanol–water partition coefficient (Wildman–Crippen LogP) is 4.58. The molecule has 0 radical (unpaired) electrons. The maximum atomic E-state index is 15.2. The van der Waals surface area contributed by atoms with Gasteiger partial charge in [-0.2, -0.15) is 0 Å². The van der Waals surface area contributed by atoms with E-state index in [0.717, 1.165) is 5.56 Å². The number of fused-ring (bicyclic) bond motifs is 1. The van der Waals surface area contributed by atoms with E-state index in [4.69, 9.17) is 21.7 Å². The molecule has 0 bridgehead atoms. The van der Waals surface area contributed by atoms with E-state index in [1.54, 1.807) is 26.8 Å². The van der Waals surface area contributed by atoms with Gasteiger partial charge in [-0.25, -0.2) is 4.39 Å². The number of hydrogen-bond donors (Lipinski definition) is 4. The third-order valence-corrected chi connectivity index (χ3v) is 7.05. The van der Waals surface area contributed by atoms with Crippen LogP contribution in [0.1, 0.15) is 36.7 Å². The van der Waals surface area contributed by atoms with Crippen molar-refractivity contribution in [2.45, 2.75) is 32.8 Å². The Hall–Kier alpha value is -5.14. The molecule has 3 amide bonds. The molecule has 0 aliphatic carbocycles. The summed E-state index contributed by atoms with van der Waals surface area (Å²) in [5.74, 6) is -1.66.